The third kappa shape index (κ3) is 4.89. The fourth-order valence-electron chi connectivity index (χ4n) is 2.76. The summed E-state index contributed by atoms with van der Waals surface area (Å²) in [7, 11) is 0. The molecule has 3 nitrogen and oxygen atoms in total. The van der Waals surface area contributed by atoms with Gasteiger partial charge in [0, 0.05) is 12.4 Å². The lowest BCUT2D eigenvalue weighted by Crippen LogP contribution is -1.93. The van der Waals surface area contributed by atoms with Crippen molar-refractivity contribution in [2.45, 2.75) is 0 Å². The second-order valence-corrected chi connectivity index (χ2v) is 5.83. The van der Waals surface area contributed by atoms with E-state index in [1.807, 2.05) is 66.7 Å². The van der Waals surface area contributed by atoms with Crippen LogP contribution in [0.4, 0.5) is 0 Å². The molecule has 3 heteroatoms. The summed E-state index contributed by atoms with van der Waals surface area (Å²) < 4.78 is 0. The van der Waals surface area contributed by atoms with E-state index in [0.29, 0.717) is 0 Å². The molecular formula is C24H19NO2. The maximum absolute atomic E-state index is 11.6. The molecular weight excluding hydrogens is 334 g/mol. The van der Waals surface area contributed by atoms with Crippen molar-refractivity contribution in [3.8, 4) is 0 Å². The van der Waals surface area contributed by atoms with E-state index in [-0.39, 0.29) is 5.56 Å². The Hall–Kier alpha value is -3.72. The largest absolute Gasteiger partial charge is 0.478 e. The predicted octanol–water partition coefficient (Wildman–Crippen LogP) is 5.79. The molecule has 1 aromatic heterocycles. The molecule has 2 aromatic rings. The number of aromatic carboxylic acids is 1. The minimum atomic E-state index is -0.962. The van der Waals surface area contributed by atoms with E-state index >= 15 is 0 Å². The van der Waals surface area contributed by atoms with E-state index in [1.165, 1.54) is 0 Å². The fraction of sp³-hybridized carbons (Fsp3) is 0. The molecule has 27 heavy (non-hydrogen) atoms. The Labute approximate surface area is 158 Å². The molecule has 0 fully saturated rings. The number of hydrogen-bond donors (Lipinski definition) is 1. The van der Waals surface area contributed by atoms with E-state index in [9.17, 15) is 9.90 Å². The van der Waals surface area contributed by atoms with Crippen LogP contribution >= 0.6 is 0 Å². The zero-order valence-corrected chi connectivity index (χ0v) is 14.7. The van der Waals surface area contributed by atoms with E-state index in [4.69, 9.17) is 0 Å². The molecule has 1 aliphatic carbocycles. The Morgan fingerprint density at radius 2 is 1.30 bits per heavy atom. The van der Waals surface area contributed by atoms with Crippen molar-refractivity contribution in [2.24, 2.45) is 0 Å². The summed E-state index contributed by atoms with van der Waals surface area (Å²) in [5.41, 5.74) is 2.35. The molecule has 132 valence electrons. The van der Waals surface area contributed by atoms with Crippen LogP contribution in [0.1, 0.15) is 21.5 Å². The van der Waals surface area contributed by atoms with Crippen LogP contribution in [0.2, 0.25) is 0 Å². The number of aromatic nitrogens is 1. The minimum absolute atomic E-state index is 0.226. The number of carbonyl (C=O) groups is 1. The first-order chi connectivity index (χ1) is 13.3. The molecule has 0 spiro atoms. The summed E-state index contributed by atoms with van der Waals surface area (Å²) >= 11 is 0. The van der Waals surface area contributed by atoms with Gasteiger partial charge in [0.05, 0.1) is 5.56 Å². The van der Waals surface area contributed by atoms with Crippen molar-refractivity contribution in [3.63, 3.8) is 0 Å². The van der Waals surface area contributed by atoms with Crippen LogP contribution < -0.4 is 0 Å². The van der Waals surface area contributed by atoms with Crippen molar-refractivity contribution < 1.29 is 9.90 Å². The molecule has 0 saturated heterocycles. The highest BCUT2D eigenvalue weighted by Crippen LogP contribution is 2.29. The lowest BCUT2D eigenvalue weighted by Gasteiger charge is -1.99. The van der Waals surface area contributed by atoms with Crippen molar-refractivity contribution in [2.75, 3.05) is 0 Å². The topological polar surface area (TPSA) is 50.2 Å². The molecule has 1 N–H and O–H groups in total. The Morgan fingerprint density at radius 3 is 2.04 bits per heavy atom. The predicted molar refractivity (Wildman–Crippen MR) is 111 cm³/mol. The number of benzene rings is 1. The number of carboxylic acid groups (broad SMARTS) is 1. The van der Waals surface area contributed by atoms with Crippen molar-refractivity contribution in [1.82, 2.24) is 4.98 Å². The van der Waals surface area contributed by atoms with Gasteiger partial charge in [0.15, 0.2) is 0 Å². The average molecular weight is 353 g/mol. The maximum Gasteiger partial charge on any atom is 0.335 e. The number of nitrogens with zero attached hydrogens (tertiary/aromatic N) is 1. The summed E-state index contributed by atoms with van der Waals surface area (Å²) in [6.45, 7) is 0. The van der Waals surface area contributed by atoms with Crippen molar-refractivity contribution >= 4 is 28.9 Å². The Balaban J connectivity index is 2.32. The van der Waals surface area contributed by atoms with Crippen molar-refractivity contribution in [1.29, 1.82) is 0 Å². The zero-order valence-electron chi connectivity index (χ0n) is 14.7. The highest BCUT2D eigenvalue weighted by atomic mass is 16.4. The smallest absolute Gasteiger partial charge is 0.335 e. The first kappa shape index (κ1) is 18.1. The quantitative estimate of drug-likeness (QED) is 0.602. The number of carboxylic acids is 1. The van der Waals surface area contributed by atoms with E-state index < -0.39 is 5.97 Å². The Kier molecular flexibility index (Phi) is 6.10. The molecule has 1 aromatic carbocycles. The van der Waals surface area contributed by atoms with Gasteiger partial charge in [-0.25, -0.2) is 4.79 Å². The molecule has 0 amide bonds. The number of rotatable bonds is 1. The van der Waals surface area contributed by atoms with Gasteiger partial charge in [-0.15, -0.1) is 0 Å². The second-order valence-electron chi connectivity index (χ2n) is 5.83. The number of hydrogen-bond acceptors (Lipinski definition) is 2. The Morgan fingerprint density at radius 1 is 0.704 bits per heavy atom. The molecule has 1 heterocycles. The minimum Gasteiger partial charge on any atom is -0.478 e. The summed E-state index contributed by atoms with van der Waals surface area (Å²) in [4.78, 5) is 15.8. The molecule has 0 saturated carbocycles. The standard InChI is InChI=1S/C24H19NO2/c26-24(27)22-11-5-2-1-3-7-16-25-17-8-4-6-10-19-14-15-20-12-9-13-21(18-22)23(19)20/h1-18H,(H,26,27). The van der Waals surface area contributed by atoms with Gasteiger partial charge in [-0.1, -0.05) is 72.8 Å². The molecule has 0 radical (unpaired) electrons. The molecule has 3 rings (SSSR count). The first-order valence-electron chi connectivity index (χ1n) is 8.59. The van der Waals surface area contributed by atoms with E-state index in [0.717, 1.165) is 21.9 Å². The zero-order chi connectivity index (χ0) is 18.9. The van der Waals surface area contributed by atoms with Gasteiger partial charge in [-0.3, -0.25) is 4.98 Å². The molecule has 0 aliphatic heterocycles. The highest BCUT2D eigenvalue weighted by molar-refractivity contribution is 6.05. The first-order valence-corrected chi connectivity index (χ1v) is 8.59. The summed E-state index contributed by atoms with van der Waals surface area (Å²) in [6.07, 6.45) is 7.48. The van der Waals surface area contributed by atoms with Crippen LogP contribution in [-0.2, 0) is 0 Å². The lowest BCUT2D eigenvalue weighted by molar-refractivity contribution is 0.0697. The van der Waals surface area contributed by atoms with Gasteiger partial charge < -0.3 is 5.11 Å². The molecule has 0 unspecified atom stereocenters. The SMILES string of the molecule is O=C(O)c1cccccccncccccc2c3c(cccc3c1)C=C2. The van der Waals surface area contributed by atoms with Crippen LogP contribution in [0.15, 0.2) is 97.3 Å². The molecule has 0 atom stereocenters. The summed E-state index contributed by atoms with van der Waals surface area (Å²) in [5, 5.41) is 11.5. The van der Waals surface area contributed by atoms with Gasteiger partial charge in [-0.05, 0) is 46.2 Å². The summed E-state index contributed by atoms with van der Waals surface area (Å²) in [6, 6.07) is 25.9. The van der Waals surface area contributed by atoms with Crippen LogP contribution in [0.5, 0.6) is 0 Å². The summed E-state index contributed by atoms with van der Waals surface area (Å²) in [5.74, 6) is -0.962. The van der Waals surface area contributed by atoms with Gasteiger partial charge in [0.2, 0.25) is 0 Å². The average Bonchev–Trinajstić information content (AvgIpc) is 3.07. The normalized spacial score (nSPS) is 10.4. The second kappa shape index (κ2) is 9.11. The van der Waals surface area contributed by atoms with Crippen LogP contribution in [0.3, 0.4) is 0 Å². The fourth-order valence-corrected chi connectivity index (χ4v) is 2.76. The van der Waals surface area contributed by atoms with Gasteiger partial charge in [0.25, 0.3) is 0 Å². The van der Waals surface area contributed by atoms with Crippen LogP contribution in [0.25, 0.3) is 22.9 Å². The van der Waals surface area contributed by atoms with Gasteiger partial charge in [-0.2, -0.15) is 0 Å². The van der Waals surface area contributed by atoms with Gasteiger partial charge >= 0.3 is 5.97 Å². The van der Waals surface area contributed by atoms with Gasteiger partial charge in [0.1, 0.15) is 0 Å². The Bertz CT molecular complexity index is 1070. The molecule has 0 bridgehead atoms. The third-order valence-corrected chi connectivity index (χ3v) is 3.98. The monoisotopic (exact) mass is 353 g/mol. The van der Waals surface area contributed by atoms with Crippen molar-refractivity contribution in [3.05, 3.63) is 114 Å². The van der Waals surface area contributed by atoms with E-state index in [1.54, 1.807) is 42.7 Å². The molecule has 1 aliphatic rings. The van der Waals surface area contributed by atoms with Crippen LogP contribution in [-0.4, -0.2) is 16.1 Å². The van der Waals surface area contributed by atoms with E-state index in [2.05, 4.69) is 4.98 Å². The lowest BCUT2D eigenvalue weighted by atomic mass is 10.1. The maximum atomic E-state index is 11.6. The highest BCUT2D eigenvalue weighted by Gasteiger charge is 2.07. The third-order valence-electron chi connectivity index (χ3n) is 3.98. The van der Waals surface area contributed by atoms with Crippen LogP contribution in [0, 0.1) is 0 Å².